The topological polar surface area (TPSA) is 79.3 Å². The van der Waals surface area contributed by atoms with Crippen LogP contribution < -0.4 is 0 Å². The molecule has 3 aliphatic heterocycles. The molecule has 3 fully saturated rings. The number of rotatable bonds is 3. The van der Waals surface area contributed by atoms with Gasteiger partial charge in [-0.25, -0.2) is 9.86 Å². The Kier molecular flexibility index (Phi) is 7.14. The van der Waals surface area contributed by atoms with Crippen LogP contribution in [0.2, 0.25) is 0 Å². The third-order valence-corrected chi connectivity index (χ3v) is 6.05. The predicted molar refractivity (Wildman–Crippen MR) is 96.9 cm³/mol. The molecule has 0 unspecified atom stereocenters. The Bertz CT molecular complexity index is 694. The number of hydrogen-bond acceptors (Lipinski definition) is 6. The van der Waals surface area contributed by atoms with E-state index in [1.165, 1.54) is 4.88 Å². The maximum absolute atomic E-state index is 12.8. The Hall–Kier alpha value is -1.69. The number of carbonyl (C=O) groups excluding carboxylic acids is 1. The van der Waals surface area contributed by atoms with Crippen LogP contribution >= 0.6 is 11.3 Å². The molecule has 0 aliphatic carbocycles. The van der Waals surface area contributed by atoms with Crippen LogP contribution in [-0.2, 0) is 25.7 Å². The molecule has 162 valence electrons. The summed E-state index contributed by atoms with van der Waals surface area (Å²) in [6, 6.07) is 4.24. The number of carboxylic acid groups (broad SMARTS) is 1. The van der Waals surface area contributed by atoms with E-state index in [0.717, 1.165) is 45.6 Å². The van der Waals surface area contributed by atoms with Gasteiger partial charge in [0.25, 0.3) is 5.91 Å². The number of hydroxylamine groups is 2. The second kappa shape index (κ2) is 9.41. The molecule has 0 saturated carbocycles. The van der Waals surface area contributed by atoms with Gasteiger partial charge >= 0.3 is 12.1 Å². The first-order valence-electron chi connectivity index (χ1n) is 9.36. The third-order valence-electron chi connectivity index (χ3n) is 5.19. The van der Waals surface area contributed by atoms with Crippen molar-refractivity contribution in [3.8, 4) is 0 Å². The lowest BCUT2D eigenvalue weighted by molar-refractivity contribution is -0.192. The van der Waals surface area contributed by atoms with E-state index < -0.39 is 12.1 Å². The number of carboxylic acids is 1. The van der Waals surface area contributed by atoms with E-state index in [1.54, 1.807) is 16.4 Å². The van der Waals surface area contributed by atoms with Crippen LogP contribution in [0.1, 0.15) is 17.7 Å². The first-order chi connectivity index (χ1) is 13.8. The van der Waals surface area contributed by atoms with Gasteiger partial charge in [0, 0.05) is 37.0 Å². The van der Waals surface area contributed by atoms with Crippen LogP contribution in [0.15, 0.2) is 17.5 Å². The first-order valence-corrected chi connectivity index (χ1v) is 10.2. The van der Waals surface area contributed by atoms with Gasteiger partial charge < -0.3 is 9.84 Å². The summed E-state index contributed by atoms with van der Waals surface area (Å²) >= 11 is 1.77. The maximum Gasteiger partial charge on any atom is 0.490 e. The number of nitrogens with zero attached hydrogens (tertiary/aromatic N) is 2. The molecule has 4 heterocycles. The Morgan fingerprint density at radius 3 is 2.62 bits per heavy atom. The lowest BCUT2D eigenvalue weighted by atomic mass is 9.82. The second-order valence-electron chi connectivity index (χ2n) is 7.17. The molecule has 0 aromatic carbocycles. The molecule has 0 bridgehead atoms. The zero-order valence-electron chi connectivity index (χ0n) is 15.6. The van der Waals surface area contributed by atoms with Gasteiger partial charge in [0.15, 0.2) is 0 Å². The van der Waals surface area contributed by atoms with Crippen LogP contribution in [0.3, 0.4) is 0 Å². The summed E-state index contributed by atoms with van der Waals surface area (Å²) in [4.78, 5) is 30.9. The Labute approximate surface area is 169 Å². The molecule has 4 rings (SSSR count). The molecule has 1 aromatic rings. The number of fused-ring (bicyclic) bond motifs is 1. The number of likely N-dealkylation sites (tertiary alicyclic amines) is 1. The van der Waals surface area contributed by atoms with Gasteiger partial charge in [0.1, 0.15) is 0 Å². The molecule has 1 amide bonds. The predicted octanol–water partition coefficient (Wildman–Crippen LogP) is 2.38. The molecule has 0 radical (unpaired) electrons. The van der Waals surface area contributed by atoms with Crippen molar-refractivity contribution in [3.05, 3.63) is 22.4 Å². The van der Waals surface area contributed by atoms with Crippen LogP contribution in [0.5, 0.6) is 0 Å². The van der Waals surface area contributed by atoms with Gasteiger partial charge in [-0.1, -0.05) is 6.07 Å². The van der Waals surface area contributed by atoms with E-state index in [2.05, 4.69) is 22.4 Å². The van der Waals surface area contributed by atoms with Gasteiger partial charge in [-0.15, -0.1) is 11.3 Å². The van der Waals surface area contributed by atoms with E-state index in [9.17, 15) is 18.0 Å². The lowest BCUT2D eigenvalue weighted by Gasteiger charge is -2.40. The Balaban J connectivity index is 0.000000298. The summed E-state index contributed by atoms with van der Waals surface area (Å²) in [6.07, 6.45) is -2.94. The molecular formula is C18H23F3N2O5S. The van der Waals surface area contributed by atoms with Gasteiger partial charge in [0.05, 0.1) is 25.2 Å². The third kappa shape index (κ3) is 5.68. The molecule has 7 nitrogen and oxygen atoms in total. The van der Waals surface area contributed by atoms with Crippen LogP contribution in [0, 0.1) is 11.8 Å². The van der Waals surface area contributed by atoms with Gasteiger partial charge in [-0.2, -0.15) is 13.2 Å². The number of alkyl halides is 3. The minimum atomic E-state index is -5.08. The Morgan fingerprint density at radius 2 is 2.03 bits per heavy atom. The number of aliphatic carboxylic acids is 1. The Morgan fingerprint density at radius 1 is 1.28 bits per heavy atom. The lowest BCUT2D eigenvalue weighted by Crippen LogP contribution is -2.52. The fourth-order valence-electron chi connectivity index (χ4n) is 3.88. The average molecular weight is 436 g/mol. The van der Waals surface area contributed by atoms with Crippen molar-refractivity contribution in [3.63, 3.8) is 0 Å². The smallest absolute Gasteiger partial charge is 0.475 e. The summed E-state index contributed by atoms with van der Waals surface area (Å²) < 4.78 is 37.6. The van der Waals surface area contributed by atoms with E-state index >= 15 is 0 Å². The van der Waals surface area contributed by atoms with Crippen molar-refractivity contribution in [2.75, 3.05) is 32.8 Å². The highest BCUT2D eigenvalue weighted by molar-refractivity contribution is 7.09. The monoisotopic (exact) mass is 436 g/mol. The summed E-state index contributed by atoms with van der Waals surface area (Å²) in [5.74, 6) is -2.23. The molecule has 3 atom stereocenters. The van der Waals surface area contributed by atoms with Crippen molar-refractivity contribution < 1.29 is 37.4 Å². The molecule has 11 heteroatoms. The van der Waals surface area contributed by atoms with Crippen molar-refractivity contribution >= 4 is 23.2 Å². The van der Waals surface area contributed by atoms with Gasteiger partial charge in [0.2, 0.25) is 0 Å². The highest BCUT2D eigenvalue weighted by atomic mass is 32.1. The standard InChI is InChI=1S/C16H22N2O3S.C2HF3O2/c19-16(18-5-2-6-21-18)14-10-17(9-12-3-1-8-22-12)11-15-13(14)4-7-20-15;3-2(4,5)1(6)7/h1,3,8,13-15H,2,4-7,9-11H2;(H,6,7)/t13-,14-,15+;/m0./s1. The number of hydrogen-bond donors (Lipinski definition) is 1. The number of halogens is 3. The highest BCUT2D eigenvalue weighted by Crippen LogP contribution is 2.36. The van der Waals surface area contributed by atoms with Crippen molar-refractivity contribution in [1.29, 1.82) is 0 Å². The maximum atomic E-state index is 12.8. The SMILES string of the molecule is O=C(O)C(F)(F)F.O=C([C@H]1CN(Cc2cccs2)C[C@H]2OCC[C@@H]12)N1CCCO1. The van der Waals surface area contributed by atoms with Crippen molar-refractivity contribution in [2.24, 2.45) is 11.8 Å². The quantitative estimate of drug-likeness (QED) is 0.784. The number of carbonyl (C=O) groups is 2. The van der Waals surface area contributed by atoms with E-state index in [4.69, 9.17) is 19.5 Å². The molecule has 3 saturated heterocycles. The number of ether oxygens (including phenoxy) is 1. The minimum Gasteiger partial charge on any atom is -0.475 e. The molecule has 3 aliphatic rings. The van der Waals surface area contributed by atoms with E-state index in [1.807, 2.05) is 0 Å². The van der Waals surface area contributed by atoms with Crippen molar-refractivity contribution in [2.45, 2.75) is 31.7 Å². The summed E-state index contributed by atoms with van der Waals surface area (Å²) in [6.45, 7) is 4.86. The first kappa shape index (κ1) is 22.0. The van der Waals surface area contributed by atoms with E-state index in [0.29, 0.717) is 12.5 Å². The fourth-order valence-corrected chi connectivity index (χ4v) is 4.62. The molecule has 1 aromatic heterocycles. The number of amides is 1. The highest BCUT2D eigenvalue weighted by Gasteiger charge is 2.45. The van der Waals surface area contributed by atoms with Gasteiger partial charge in [-0.3, -0.25) is 14.5 Å². The normalized spacial score (nSPS) is 27.3. The summed E-state index contributed by atoms with van der Waals surface area (Å²) in [7, 11) is 0. The number of piperidine rings is 1. The van der Waals surface area contributed by atoms with Crippen LogP contribution in [0.25, 0.3) is 0 Å². The zero-order chi connectivity index (χ0) is 21.0. The molecule has 29 heavy (non-hydrogen) atoms. The summed E-state index contributed by atoms with van der Waals surface area (Å²) in [5.41, 5.74) is 0. The molecule has 1 N–H and O–H groups in total. The number of thiophene rings is 1. The second-order valence-corrected chi connectivity index (χ2v) is 8.20. The van der Waals surface area contributed by atoms with Gasteiger partial charge in [-0.05, 0) is 24.3 Å². The molecule has 0 spiro atoms. The minimum absolute atomic E-state index is 0.0133. The van der Waals surface area contributed by atoms with Crippen LogP contribution in [-0.4, -0.2) is 72.1 Å². The van der Waals surface area contributed by atoms with Crippen LogP contribution in [0.4, 0.5) is 13.2 Å². The van der Waals surface area contributed by atoms with Crippen molar-refractivity contribution in [1.82, 2.24) is 9.96 Å². The fraction of sp³-hybridized carbons (Fsp3) is 0.667. The summed E-state index contributed by atoms with van der Waals surface area (Å²) in [5, 5.41) is 10.8. The zero-order valence-corrected chi connectivity index (χ0v) is 16.5. The molecular weight excluding hydrogens is 413 g/mol. The largest absolute Gasteiger partial charge is 0.490 e. The average Bonchev–Trinajstić information content (AvgIpc) is 3.42. The van der Waals surface area contributed by atoms with E-state index in [-0.39, 0.29) is 17.9 Å².